The van der Waals surface area contributed by atoms with Crippen LogP contribution in [0.25, 0.3) is 0 Å². The lowest BCUT2D eigenvalue weighted by molar-refractivity contribution is 0.325. The summed E-state index contributed by atoms with van der Waals surface area (Å²) in [5.41, 5.74) is 0.579. The Morgan fingerprint density at radius 3 is 2.15 bits per heavy atom. The Morgan fingerprint density at radius 2 is 1.77 bits per heavy atom. The van der Waals surface area contributed by atoms with Gasteiger partial charge in [-0.05, 0) is 24.3 Å². The van der Waals surface area contributed by atoms with E-state index in [1.807, 2.05) is 0 Å². The average molecular weight is 203 g/mol. The summed E-state index contributed by atoms with van der Waals surface area (Å²) in [4.78, 5) is -0.170. The van der Waals surface area contributed by atoms with Gasteiger partial charge in [-0.3, -0.25) is 4.55 Å². The van der Waals surface area contributed by atoms with E-state index in [4.69, 9.17) is 9.66 Å². The molecule has 5 nitrogen and oxygen atoms in total. The third-order valence-electron chi connectivity index (χ3n) is 1.44. The van der Waals surface area contributed by atoms with Crippen molar-refractivity contribution in [3.63, 3.8) is 0 Å². The molecule has 0 saturated carbocycles. The molecule has 0 saturated heterocycles. The van der Waals surface area contributed by atoms with Crippen LogP contribution < -0.4 is 5.32 Å². The highest BCUT2D eigenvalue weighted by atomic mass is 32.2. The molecule has 1 rings (SSSR count). The second-order valence-electron chi connectivity index (χ2n) is 2.33. The van der Waals surface area contributed by atoms with Gasteiger partial charge in [0.25, 0.3) is 10.1 Å². The molecule has 0 aliphatic heterocycles. The number of hydrogen-bond donors (Lipinski definition) is 3. The van der Waals surface area contributed by atoms with Gasteiger partial charge >= 0.3 is 0 Å². The molecule has 3 N–H and O–H groups in total. The van der Waals surface area contributed by atoms with Crippen molar-refractivity contribution in [3.05, 3.63) is 24.3 Å². The number of hydrogen-bond acceptors (Lipinski definition) is 4. The predicted molar refractivity (Wildman–Crippen MR) is 47.0 cm³/mol. The van der Waals surface area contributed by atoms with Gasteiger partial charge in [0.1, 0.15) is 6.73 Å². The van der Waals surface area contributed by atoms with E-state index >= 15 is 0 Å². The van der Waals surface area contributed by atoms with Crippen molar-refractivity contribution in [1.82, 2.24) is 0 Å². The zero-order valence-electron chi connectivity index (χ0n) is 6.64. The molecular weight excluding hydrogens is 194 g/mol. The Bertz CT molecular complexity index is 370. The fourth-order valence-electron chi connectivity index (χ4n) is 0.836. The molecule has 72 valence electrons. The van der Waals surface area contributed by atoms with E-state index in [2.05, 4.69) is 5.32 Å². The zero-order chi connectivity index (χ0) is 9.90. The van der Waals surface area contributed by atoms with Gasteiger partial charge in [-0.1, -0.05) is 0 Å². The SMILES string of the molecule is O=S(=O)(O)c1ccc(NCO)cc1. The molecule has 0 atom stereocenters. The first-order valence-electron chi connectivity index (χ1n) is 3.46. The molecule has 6 heteroatoms. The molecule has 0 unspecified atom stereocenters. The van der Waals surface area contributed by atoms with Gasteiger partial charge in [0.2, 0.25) is 0 Å². The molecule has 0 bridgehead atoms. The molecule has 0 heterocycles. The zero-order valence-corrected chi connectivity index (χ0v) is 7.45. The predicted octanol–water partition coefficient (Wildman–Crippen LogP) is 0.295. The van der Waals surface area contributed by atoms with Crippen LogP contribution in [0.2, 0.25) is 0 Å². The monoisotopic (exact) mass is 203 g/mol. The van der Waals surface area contributed by atoms with Crippen molar-refractivity contribution in [3.8, 4) is 0 Å². The van der Waals surface area contributed by atoms with Crippen molar-refractivity contribution in [2.75, 3.05) is 12.0 Å². The molecule has 0 spiro atoms. The van der Waals surface area contributed by atoms with Crippen LogP contribution in [0.1, 0.15) is 0 Å². The smallest absolute Gasteiger partial charge is 0.294 e. The highest BCUT2D eigenvalue weighted by molar-refractivity contribution is 7.85. The second kappa shape index (κ2) is 3.73. The number of rotatable bonds is 3. The second-order valence-corrected chi connectivity index (χ2v) is 3.76. The fraction of sp³-hybridized carbons (Fsp3) is 0.143. The minimum absolute atomic E-state index is 0.170. The van der Waals surface area contributed by atoms with Crippen LogP contribution in [-0.2, 0) is 10.1 Å². The standard InChI is InChI=1S/C7H9NO4S/c9-5-8-6-1-3-7(4-2-6)13(10,11)12/h1-4,8-9H,5H2,(H,10,11,12). The largest absolute Gasteiger partial charge is 0.377 e. The third kappa shape index (κ3) is 2.69. The van der Waals surface area contributed by atoms with Gasteiger partial charge in [0.15, 0.2) is 0 Å². The van der Waals surface area contributed by atoms with Crippen molar-refractivity contribution < 1.29 is 18.1 Å². The molecule has 0 radical (unpaired) electrons. The summed E-state index contributed by atoms with van der Waals surface area (Å²) < 4.78 is 29.8. The number of benzene rings is 1. The van der Waals surface area contributed by atoms with E-state index < -0.39 is 10.1 Å². The minimum atomic E-state index is -4.12. The van der Waals surface area contributed by atoms with Gasteiger partial charge in [0, 0.05) is 5.69 Å². The molecule has 1 aromatic rings. The fourth-order valence-corrected chi connectivity index (χ4v) is 1.32. The van der Waals surface area contributed by atoms with Gasteiger partial charge in [-0.25, -0.2) is 0 Å². The van der Waals surface area contributed by atoms with Crippen LogP contribution in [0.3, 0.4) is 0 Å². The quantitative estimate of drug-likeness (QED) is 0.485. The Kier molecular flexibility index (Phi) is 2.86. The van der Waals surface area contributed by atoms with Crippen molar-refractivity contribution in [1.29, 1.82) is 0 Å². The normalized spacial score (nSPS) is 11.2. The first kappa shape index (κ1) is 9.97. The highest BCUT2D eigenvalue weighted by Crippen LogP contribution is 2.12. The van der Waals surface area contributed by atoms with Crippen LogP contribution >= 0.6 is 0 Å². The number of aliphatic hydroxyl groups excluding tert-OH is 1. The summed E-state index contributed by atoms with van der Waals surface area (Å²) in [5.74, 6) is 0. The first-order chi connectivity index (χ1) is 6.04. The van der Waals surface area contributed by atoms with E-state index in [1.165, 1.54) is 24.3 Å². The lowest BCUT2D eigenvalue weighted by atomic mass is 10.3. The summed E-state index contributed by atoms with van der Waals surface area (Å²) in [7, 11) is -4.12. The maximum Gasteiger partial charge on any atom is 0.294 e. The summed E-state index contributed by atoms with van der Waals surface area (Å²) in [6.45, 7) is -0.231. The van der Waals surface area contributed by atoms with E-state index in [0.717, 1.165) is 0 Å². The summed E-state index contributed by atoms with van der Waals surface area (Å²) in [6.07, 6.45) is 0. The van der Waals surface area contributed by atoms with Gasteiger partial charge in [0.05, 0.1) is 4.90 Å². The molecule has 0 aliphatic carbocycles. The van der Waals surface area contributed by atoms with Gasteiger partial charge in [-0.15, -0.1) is 0 Å². The number of anilines is 1. The van der Waals surface area contributed by atoms with E-state index in [0.29, 0.717) is 5.69 Å². The Morgan fingerprint density at radius 1 is 1.23 bits per heavy atom. The number of aliphatic hydroxyl groups is 1. The molecule has 1 aromatic carbocycles. The van der Waals surface area contributed by atoms with Gasteiger partial charge in [-0.2, -0.15) is 8.42 Å². The lowest BCUT2D eigenvalue weighted by Gasteiger charge is -2.02. The third-order valence-corrected chi connectivity index (χ3v) is 2.30. The average Bonchev–Trinajstić information content (AvgIpc) is 2.04. The molecular formula is C7H9NO4S. The van der Waals surface area contributed by atoms with Crippen LogP contribution in [0.15, 0.2) is 29.2 Å². The Labute approximate surface area is 75.8 Å². The summed E-state index contributed by atoms with van der Waals surface area (Å²) in [5, 5.41) is 11.0. The molecule has 13 heavy (non-hydrogen) atoms. The highest BCUT2D eigenvalue weighted by Gasteiger charge is 2.07. The summed E-state index contributed by atoms with van der Waals surface area (Å²) >= 11 is 0. The lowest BCUT2D eigenvalue weighted by Crippen LogP contribution is -2.01. The van der Waals surface area contributed by atoms with E-state index in [-0.39, 0.29) is 11.6 Å². The van der Waals surface area contributed by atoms with Crippen molar-refractivity contribution in [2.24, 2.45) is 0 Å². The van der Waals surface area contributed by atoms with Gasteiger partial charge < -0.3 is 10.4 Å². The van der Waals surface area contributed by atoms with E-state index in [1.54, 1.807) is 0 Å². The van der Waals surface area contributed by atoms with Crippen LogP contribution in [-0.4, -0.2) is 24.8 Å². The summed E-state index contributed by atoms with van der Waals surface area (Å²) in [6, 6.07) is 5.37. The first-order valence-corrected chi connectivity index (χ1v) is 4.90. The van der Waals surface area contributed by atoms with Crippen LogP contribution in [0, 0.1) is 0 Å². The Hall–Kier alpha value is -1.11. The maximum absolute atomic E-state index is 10.6. The molecule has 0 amide bonds. The van der Waals surface area contributed by atoms with Crippen molar-refractivity contribution >= 4 is 15.8 Å². The topological polar surface area (TPSA) is 86.6 Å². The minimum Gasteiger partial charge on any atom is -0.377 e. The molecule has 0 aliphatic rings. The van der Waals surface area contributed by atoms with Crippen molar-refractivity contribution in [2.45, 2.75) is 4.90 Å². The number of nitrogens with one attached hydrogen (secondary N) is 1. The van der Waals surface area contributed by atoms with Crippen LogP contribution in [0.4, 0.5) is 5.69 Å². The Balaban J connectivity index is 2.94. The maximum atomic E-state index is 10.6. The van der Waals surface area contributed by atoms with E-state index in [9.17, 15) is 8.42 Å². The molecule has 0 fully saturated rings. The van der Waals surface area contributed by atoms with Crippen LogP contribution in [0.5, 0.6) is 0 Å². The molecule has 0 aromatic heterocycles.